The highest BCUT2D eigenvalue weighted by Gasteiger charge is 2.28. The highest BCUT2D eigenvalue weighted by atomic mass is 32.2. The van der Waals surface area contributed by atoms with E-state index in [4.69, 9.17) is 10.7 Å². The van der Waals surface area contributed by atoms with Crippen molar-refractivity contribution >= 4 is 60.2 Å². The lowest BCUT2D eigenvalue weighted by atomic mass is 9.94. The van der Waals surface area contributed by atoms with Crippen LogP contribution in [-0.4, -0.2) is 58.2 Å². The van der Waals surface area contributed by atoms with E-state index >= 15 is 0 Å². The van der Waals surface area contributed by atoms with Crippen LogP contribution >= 0.6 is 11.3 Å². The van der Waals surface area contributed by atoms with Gasteiger partial charge in [-0.1, -0.05) is 54.9 Å². The van der Waals surface area contributed by atoms with Crippen molar-refractivity contribution in [2.45, 2.75) is 77.8 Å². The number of anilines is 2. The lowest BCUT2D eigenvalue weighted by Gasteiger charge is -2.31. The molecule has 0 spiro atoms. The number of nitrogens with zero attached hydrogens (tertiary/aromatic N) is 5. The van der Waals surface area contributed by atoms with E-state index in [1.807, 2.05) is 59.0 Å². The summed E-state index contributed by atoms with van der Waals surface area (Å²) in [6.07, 6.45) is 8.49. The van der Waals surface area contributed by atoms with Crippen molar-refractivity contribution in [3.8, 4) is 11.1 Å². The van der Waals surface area contributed by atoms with Gasteiger partial charge in [0.25, 0.3) is 11.8 Å². The highest BCUT2D eigenvalue weighted by molar-refractivity contribution is 7.90. The molecule has 1 aliphatic heterocycles. The Hall–Kier alpha value is -5.15. The Morgan fingerprint density at radius 1 is 0.944 bits per heavy atom. The minimum Gasteiger partial charge on any atom is -0.370 e. The maximum atomic E-state index is 13.9. The average Bonchev–Trinajstić information content (AvgIpc) is 3.91. The summed E-state index contributed by atoms with van der Waals surface area (Å²) in [5.41, 5.74) is 10.5. The Morgan fingerprint density at radius 2 is 1.76 bits per heavy atom. The summed E-state index contributed by atoms with van der Waals surface area (Å²) in [5.74, 6) is -0.789. The van der Waals surface area contributed by atoms with Crippen molar-refractivity contribution in [2.75, 3.05) is 22.5 Å². The predicted molar refractivity (Wildman–Crippen MR) is 210 cm³/mol. The van der Waals surface area contributed by atoms with Gasteiger partial charge in [-0.15, -0.1) is 0 Å². The van der Waals surface area contributed by atoms with Crippen molar-refractivity contribution in [1.82, 2.24) is 24.5 Å². The number of sulfonamides is 1. The predicted octanol–water partition coefficient (Wildman–Crippen LogP) is 5.97. The van der Waals surface area contributed by atoms with E-state index in [-0.39, 0.29) is 30.2 Å². The van der Waals surface area contributed by atoms with Gasteiger partial charge in [0.1, 0.15) is 11.5 Å². The van der Waals surface area contributed by atoms with E-state index in [1.54, 1.807) is 18.3 Å². The SMILES string of the molecule is Cc1c(-c2ccc(N3CCc4cccc(C(=O)Nc5nc6ccccc6s5)c4C3)nc2C(=O)NS(=O)(=O)CCCCCC(N)=O)cnn1CC1CCCC1. The number of thiazole rings is 1. The third kappa shape index (κ3) is 8.47. The van der Waals surface area contributed by atoms with Crippen LogP contribution in [0.25, 0.3) is 21.3 Å². The third-order valence-corrected chi connectivity index (χ3v) is 12.6. The first-order valence-electron chi connectivity index (χ1n) is 18.4. The molecular weight excluding hydrogens is 725 g/mol. The number of nitrogens with two attached hydrogens (primary N) is 1. The second-order valence-electron chi connectivity index (χ2n) is 14.1. The molecule has 3 amide bonds. The van der Waals surface area contributed by atoms with Gasteiger partial charge in [0, 0.05) is 48.4 Å². The Labute approximate surface area is 318 Å². The normalized spacial score (nSPS) is 14.6. The molecule has 4 heterocycles. The van der Waals surface area contributed by atoms with Crippen molar-refractivity contribution in [1.29, 1.82) is 0 Å². The number of rotatable bonds is 14. The third-order valence-electron chi connectivity index (χ3n) is 10.3. The molecule has 0 atom stereocenters. The molecule has 3 aromatic heterocycles. The molecule has 0 bridgehead atoms. The highest BCUT2D eigenvalue weighted by Crippen LogP contribution is 2.33. The van der Waals surface area contributed by atoms with E-state index in [0.717, 1.165) is 46.4 Å². The van der Waals surface area contributed by atoms with Gasteiger partial charge in [-0.05, 0) is 86.4 Å². The zero-order chi connectivity index (χ0) is 37.8. The number of amides is 3. The van der Waals surface area contributed by atoms with Gasteiger partial charge in [0.15, 0.2) is 5.13 Å². The van der Waals surface area contributed by atoms with Crippen molar-refractivity contribution in [2.24, 2.45) is 11.7 Å². The molecule has 2 aromatic carbocycles. The molecule has 15 heteroatoms. The molecule has 1 aliphatic carbocycles. The summed E-state index contributed by atoms with van der Waals surface area (Å²) in [7, 11) is -4.02. The van der Waals surface area contributed by atoms with Gasteiger partial charge < -0.3 is 10.6 Å². The van der Waals surface area contributed by atoms with Crippen molar-refractivity contribution in [3.63, 3.8) is 0 Å². The van der Waals surface area contributed by atoms with Gasteiger partial charge in [-0.3, -0.25) is 24.4 Å². The largest absolute Gasteiger partial charge is 0.370 e. The first kappa shape index (κ1) is 37.2. The average molecular weight is 769 g/mol. The van der Waals surface area contributed by atoms with Crippen LogP contribution in [0.2, 0.25) is 0 Å². The maximum Gasteiger partial charge on any atom is 0.284 e. The summed E-state index contributed by atoms with van der Waals surface area (Å²) in [5, 5.41) is 8.15. The first-order chi connectivity index (χ1) is 26.0. The Morgan fingerprint density at radius 3 is 2.56 bits per heavy atom. The molecule has 13 nitrogen and oxygen atoms in total. The second-order valence-corrected chi connectivity index (χ2v) is 17.0. The minimum absolute atomic E-state index is 0.0269. The number of nitrogens with one attached hydrogen (secondary N) is 2. The summed E-state index contributed by atoms with van der Waals surface area (Å²) >= 11 is 1.41. The summed E-state index contributed by atoms with van der Waals surface area (Å²) in [6.45, 7) is 3.67. The quantitative estimate of drug-likeness (QED) is 0.115. The Kier molecular flexibility index (Phi) is 11.1. The lowest BCUT2D eigenvalue weighted by Crippen LogP contribution is -2.35. The monoisotopic (exact) mass is 768 g/mol. The van der Waals surface area contributed by atoms with Gasteiger partial charge in [-0.25, -0.2) is 23.1 Å². The van der Waals surface area contributed by atoms with Gasteiger partial charge in [0.2, 0.25) is 15.9 Å². The molecule has 0 unspecified atom stereocenters. The van der Waals surface area contributed by atoms with Crippen LogP contribution in [0, 0.1) is 12.8 Å². The molecule has 2 aliphatic rings. The Bertz CT molecular complexity index is 2280. The number of hydrogen-bond acceptors (Lipinski definition) is 10. The van der Waals surface area contributed by atoms with Crippen molar-refractivity contribution in [3.05, 3.63) is 88.9 Å². The van der Waals surface area contributed by atoms with Gasteiger partial charge in [0.05, 0.1) is 22.2 Å². The molecule has 1 saturated carbocycles. The molecular formula is C39H44N8O5S2. The number of para-hydroxylation sites is 1. The fourth-order valence-electron chi connectivity index (χ4n) is 7.44. The first-order valence-corrected chi connectivity index (χ1v) is 20.9. The summed E-state index contributed by atoms with van der Waals surface area (Å²) < 4.78 is 31.4. The molecule has 54 heavy (non-hydrogen) atoms. The number of unbranched alkanes of at least 4 members (excludes halogenated alkanes) is 2. The van der Waals surface area contributed by atoms with Crippen LogP contribution in [0.5, 0.6) is 0 Å². The van der Waals surface area contributed by atoms with Crippen molar-refractivity contribution < 1.29 is 22.8 Å². The number of benzene rings is 2. The zero-order valence-corrected chi connectivity index (χ0v) is 31.8. The fraction of sp³-hybridized carbons (Fsp3) is 0.385. The standard InChI is InChI=1S/C39H44N8O5S2/c1-25-30(22-41-47(25)23-26-10-4-5-11-26)28-17-18-35(43-36(28)38(50)45-54(51,52)21-8-2-3-16-34(40)48)46-20-19-27-12-9-13-29(31(27)24-46)37(49)44-39-42-32-14-6-7-15-33(32)53-39/h6-7,9,12-15,17-18,22,26H,2-5,8,10-11,16,19-21,23-24H2,1H3,(H2,40,48)(H,45,50)(H,42,44,49). The fourth-order valence-corrected chi connectivity index (χ4v) is 9.36. The van der Waals surface area contributed by atoms with Crippen LogP contribution in [0.3, 0.4) is 0 Å². The summed E-state index contributed by atoms with van der Waals surface area (Å²) in [6, 6.07) is 17.0. The topological polar surface area (TPSA) is 182 Å². The molecule has 282 valence electrons. The van der Waals surface area contributed by atoms with Crippen LogP contribution in [0.1, 0.15) is 89.0 Å². The van der Waals surface area contributed by atoms with Gasteiger partial charge >= 0.3 is 0 Å². The lowest BCUT2D eigenvalue weighted by molar-refractivity contribution is -0.118. The molecule has 0 radical (unpaired) electrons. The summed E-state index contributed by atoms with van der Waals surface area (Å²) in [4.78, 5) is 50.1. The number of hydrogen-bond donors (Lipinski definition) is 3. The van der Waals surface area contributed by atoms with E-state index < -0.39 is 21.8 Å². The van der Waals surface area contributed by atoms with Crippen LogP contribution in [-0.2, 0) is 34.3 Å². The second kappa shape index (κ2) is 16.1. The smallest absolute Gasteiger partial charge is 0.284 e. The number of pyridine rings is 1. The maximum absolute atomic E-state index is 13.9. The van der Waals surface area contributed by atoms with Crippen LogP contribution in [0.15, 0.2) is 60.8 Å². The van der Waals surface area contributed by atoms with E-state index in [2.05, 4.69) is 20.1 Å². The van der Waals surface area contributed by atoms with E-state index in [0.29, 0.717) is 65.9 Å². The molecule has 7 rings (SSSR count). The number of carbonyl (C=O) groups is 3. The molecule has 5 aromatic rings. The van der Waals surface area contributed by atoms with Crippen LogP contribution in [0.4, 0.5) is 10.9 Å². The van der Waals surface area contributed by atoms with E-state index in [1.165, 1.54) is 24.2 Å². The number of carbonyl (C=O) groups excluding carboxylic acids is 3. The number of fused-ring (bicyclic) bond motifs is 2. The Balaban J connectivity index is 1.16. The molecule has 4 N–H and O–H groups in total. The van der Waals surface area contributed by atoms with Crippen LogP contribution < -0.4 is 20.7 Å². The van der Waals surface area contributed by atoms with Gasteiger partial charge in [-0.2, -0.15) is 5.10 Å². The minimum atomic E-state index is -4.02. The number of aromatic nitrogens is 4. The van der Waals surface area contributed by atoms with E-state index in [9.17, 15) is 22.8 Å². The molecule has 1 fully saturated rings. The number of primary amides is 1. The molecule has 0 saturated heterocycles. The zero-order valence-electron chi connectivity index (χ0n) is 30.2.